The SMILES string of the molecule is CNc1cnc(-n2c(=O)n(CC3CCC(NC(=O)c4cc(Cl)cnc4C(F)(F)F)CC3)c3ccccc32)cn1. The van der Waals surface area contributed by atoms with Crippen LogP contribution >= 0.6 is 11.6 Å². The molecule has 0 spiro atoms. The predicted octanol–water partition coefficient (Wildman–Crippen LogP) is 4.68. The van der Waals surface area contributed by atoms with Gasteiger partial charge in [0.2, 0.25) is 0 Å². The van der Waals surface area contributed by atoms with Gasteiger partial charge in [-0.1, -0.05) is 23.7 Å². The van der Waals surface area contributed by atoms with Crippen LogP contribution < -0.4 is 16.3 Å². The number of benzene rings is 1. The zero-order chi connectivity index (χ0) is 27.7. The van der Waals surface area contributed by atoms with Gasteiger partial charge in [-0.2, -0.15) is 13.2 Å². The molecule has 1 aliphatic carbocycles. The van der Waals surface area contributed by atoms with Crippen molar-refractivity contribution in [2.45, 2.75) is 44.4 Å². The number of carbonyl (C=O) groups excluding carboxylic acids is 1. The Hall–Kier alpha value is -3.93. The fourth-order valence-electron chi connectivity index (χ4n) is 5.02. The van der Waals surface area contributed by atoms with E-state index < -0.39 is 23.3 Å². The van der Waals surface area contributed by atoms with Crippen molar-refractivity contribution in [3.8, 4) is 5.82 Å². The Morgan fingerprint density at radius 2 is 1.77 bits per heavy atom. The maximum atomic E-state index is 13.5. The minimum absolute atomic E-state index is 0.0505. The van der Waals surface area contributed by atoms with E-state index >= 15 is 0 Å². The number of nitrogens with zero attached hydrogens (tertiary/aromatic N) is 5. The van der Waals surface area contributed by atoms with Gasteiger partial charge in [0.15, 0.2) is 11.5 Å². The van der Waals surface area contributed by atoms with Crippen molar-refractivity contribution in [2.75, 3.05) is 12.4 Å². The van der Waals surface area contributed by atoms with Crippen LogP contribution in [0.1, 0.15) is 41.7 Å². The maximum Gasteiger partial charge on any atom is 0.434 e. The number of anilines is 1. The molecule has 1 amide bonds. The molecular weight excluding hydrogens is 535 g/mol. The molecule has 0 aliphatic heterocycles. The molecule has 13 heteroatoms. The Balaban J connectivity index is 1.30. The average Bonchev–Trinajstić information content (AvgIpc) is 3.20. The first-order chi connectivity index (χ1) is 18.7. The lowest BCUT2D eigenvalue weighted by atomic mass is 9.85. The Morgan fingerprint density at radius 1 is 1.05 bits per heavy atom. The minimum Gasteiger partial charge on any atom is -0.372 e. The van der Waals surface area contributed by atoms with Crippen LogP contribution in [0.15, 0.2) is 53.7 Å². The minimum atomic E-state index is -4.78. The number of hydrogen-bond acceptors (Lipinski definition) is 6. The van der Waals surface area contributed by atoms with Crippen LogP contribution in [-0.4, -0.2) is 43.1 Å². The summed E-state index contributed by atoms with van der Waals surface area (Å²) in [5.74, 6) is 0.284. The highest BCUT2D eigenvalue weighted by Crippen LogP contribution is 2.32. The van der Waals surface area contributed by atoms with Crippen LogP contribution in [0.4, 0.5) is 19.0 Å². The van der Waals surface area contributed by atoms with Gasteiger partial charge in [-0.15, -0.1) is 0 Å². The van der Waals surface area contributed by atoms with Gasteiger partial charge in [0, 0.05) is 25.8 Å². The monoisotopic (exact) mass is 559 g/mol. The molecule has 5 rings (SSSR count). The van der Waals surface area contributed by atoms with Crippen molar-refractivity contribution in [3.05, 3.63) is 75.7 Å². The second-order valence-corrected chi connectivity index (χ2v) is 9.90. The first-order valence-electron chi connectivity index (χ1n) is 12.4. The molecule has 2 N–H and O–H groups in total. The van der Waals surface area contributed by atoms with Gasteiger partial charge in [-0.3, -0.25) is 9.36 Å². The molecule has 0 saturated heterocycles. The molecule has 0 atom stereocenters. The van der Waals surface area contributed by atoms with Crippen LogP contribution in [0.3, 0.4) is 0 Å². The molecule has 1 fully saturated rings. The lowest BCUT2D eigenvalue weighted by molar-refractivity contribution is -0.141. The van der Waals surface area contributed by atoms with Crippen LogP contribution in [0.2, 0.25) is 5.02 Å². The fourth-order valence-corrected chi connectivity index (χ4v) is 5.18. The Labute approximate surface area is 226 Å². The summed E-state index contributed by atoms with van der Waals surface area (Å²) in [5, 5.41) is 5.56. The lowest BCUT2D eigenvalue weighted by Gasteiger charge is -2.29. The number of imidazole rings is 1. The molecule has 0 radical (unpaired) electrons. The van der Waals surface area contributed by atoms with Crippen LogP contribution in [0.25, 0.3) is 16.9 Å². The van der Waals surface area contributed by atoms with E-state index in [0.717, 1.165) is 17.8 Å². The van der Waals surface area contributed by atoms with Gasteiger partial charge in [0.1, 0.15) is 5.82 Å². The standard InChI is InChI=1S/C26H25ClF3N7O2/c1-31-21-12-33-22(13-32-21)37-20-5-3-2-4-19(20)36(25(37)39)14-15-6-8-17(9-7-15)35-24(38)18-10-16(27)11-34-23(18)26(28,29)30/h2-5,10-13,15,17H,6-9,14H2,1H3,(H,31,32)(H,35,38). The summed E-state index contributed by atoms with van der Waals surface area (Å²) in [6, 6.07) is 8.14. The van der Waals surface area contributed by atoms with E-state index in [9.17, 15) is 22.8 Å². The van der Waals surface area contributed by atoms with Crippen molar-refractivity contribution in [3.63, 3.8) is 0 Å². The van der Waals surface area contributed by atoms with Crippen LogP contribution in [0.5, 0.6) is 0 Å². The predicted molar refractivity (Wildman–Crippen MR) is 140 cm³/mol. The third-order valence-electron chi connectivity index (χ3n) is 6.95. The van der Waals surface area contributed by atoms with Crippen molar-refractivity contribution in [1.29, 1.82) is 0 Å². The molecule has 4 aromatic rings. The number of nitrogens with one attached hydrogen (secondary N) is 2. The lowest BCUT2D eigenvalue weighted by Crippen LogP contribution is -2.39. The van der Waals surface area contributed by atoms with E-state index in [1.54, 1.807) is 17.8 Å². The number of aromatic nitrogens is 5. The maximum absolute atomic E-state index is 13.5. The Kier molecular flexibility index (Phi) is 7.30. The van der Waals surface area contributed by atoms with Crippen molar-refractivity contribution in [1.82, 2.24) is 29.4 Å². The Morgan fingerprint density at radius 3 is 2.41 bits per heavy atom. The average molecular weight is 560 g/mol. The van der Waals surface area contributed by atoms with E-state index in [1.807, 2.05) is 24.3 Å². The third-order valence-corrected chi connectivity index (χ3v) is 7.16. The number of alkyl halides is 3. The number of hydrogen-bond donors (Lipinski definition) is 2. The highest BCUT2D eigenvalue weighted by Gasteiger charge is 2.38. The molecule has 1 aliphatic rings. The van der Waals surface area contributed by atoms with Gasteiger partial charge in [0.25, 0.3) is 5.91 Å². The van der Waals surface area contributed by atoms with Crippen molar-refractivity contribution < 1.29 is 18.0 Å². The number of para-hydroxylation sites is 2. The molecule has 0 unspecified atom stereocenters. The van der Waals surface area contributed by atoms with E-state index in [0.29, 0.717) is 49.4 Å². The topological polar surface area (TPSA) is 107 Å². The molecule has 39 heavy (non-hydrogen) atoms. The van der Waals surface area contributed by atoms with Gasteiger partial charge < -0.3 is 10.6 Å². The summed E-state index contributed by atoms with van der Waals surface area (Å²) in [5.41, 5.74) is -0.608. The van der Waals surface area contributed by atoms with E-state index in [-0.39, 0.29) is 22.7 Å². The first-order valence-corrected chi connectivity index (χ1v) is 12.8. The molecule has 3 heterocycles. The molecule has 0 bridgehead atoms. The number of rotatable bonds is 6. The highest BCUT2D eigenvalue weighted by molar-refractivity contribution is 6.30. The summed E-state index contributed by atoms with van der Waals surface area (Å²) in [6.45, 7) is 0.464. The number of fused-ring (bicyclic) bond motifs is 1. The molecule has 204 valence electrons. The summed E-state index contributed by atoms with van der Waals surface area (Å²) >= 11 is 5.81. The molecule has 3 aromatic heterocycles. The number of pyridine rings is 1. The molecule has 1 saturated carbocycles. The van der Waals surface area contributed by atoms with Gasteiger partial charge in [-0.05, 0) is 49.8 Å². The van der Waals surface area contributed by atoms with Crippen molar-refractivity contribution >= 4 is 34.4 Å². The zero-order valence-electron chi connectivity index (χ0n) is 20.9. The Bertz CT molecular complexity index is 1560. The highest BCUT2D eigenvalue weighted by atomic mass is 35.5. The summed E-state index contributed by atoms with van der Waals surface area (Å²) in [4.78, 5) is 38.2. The fraction of sp³-hybridized carbons (Fsp3) is 0.346. The number of carbonyl (C=O) groups is 1. The largest absolute Gasteiger partial charge is 0.434 e. The van der Waals surface area contributed by atoms with Gasteiger partial charge in [0.05, 0.1) is 34.0 Å². The van der Waals surface area contributed by atoms with Crippen LogP contribution in [0, 0.1) is 5.92 Å². The normalized spacial score (nSPS) is 17.8. The second kappa shape index (κ2) is 10.7. The van der Waals surface area contributed by atoms with E-state index in [4.69, 9.17) is 11.6 Å². The van der Waals surface area contributed by atoms with Gasteiger partial charge >= 0.3 is 11.9 Å². The van der Waals surface area contributed by atoms with Crippen LogP contribution in [-0.2, 0) is 12.7 Å². The molecule has 1 aromatic carbocycles. The second-order valence-electron chi connectivity index (χ2n) is 9.47. The molecular formula is C26H25ClF3N7O2. The van der Waals surface area contributed by atoms with E-state index in [1.165, 1.54) is 10.8 Å². The quantitative estimate of drug-likeness (QED) is 0.355. The zero-order valence-corrected chi connectivity index (χ0v) is 21.6. The molecule has 9 nitrogen and oxygen atoms in total. The van der Waals surface area contributed by atoms with Gasteiger partial charge in [-0.25, -0.2) is 24.3 Å². The smallest absolute Gasteiger partial charge is 0.372 e. The van der Waals surface area contributed by atoms with Crippen molar-refractivity contribution in [2.24, 2.45) is 5.92 Å². The summed E-state index contributed by atoms with van der Waals surface area (Å²) < 4.78 is 43.3. The number of halogens is 4. The summed E-state index contributed by atoms with van der Waals surface area (Å²) in [6.07, 6.45) is 1.70. The number of amides is 1. The van der Waals surface area contributed by atoms with E-state index in [2.05, 4.69) is 25.6 Å². The summed E-state index contributed by atoms with van der Waals surface area (Å²) in [7, 11) is 1.73. The third kappa shape index (κ3) is 5.47. The first kappa shape index (κ1) is 26.7.